The third kappa shape index (κ3) is 4.95. The molecule has 3 rings (SSSR count). The molecule has 30 heavy (non-hydrogen) atoms. The van der Waals surface area contributed by atoms with Crippen molar-refractivity contribution in [3.8, 4) is 0 Å². The first-order valence-electron chi connectivity index (χ1n) is 10.2. The lowest BCUT2D eigenvalue weighted by Gasteiger charge is -2.32. The van der Waals surface area contributed by atoms with Crippen molar-refractivity contribution < 1.29 is 13.2 Å². The average Bonchev–Trinajstić information content (AvgIpc) is 2.67. The number of nitrogens with zero attached hydrogens (tertiary/aromatic N) is 1. The molecule has 1 saturated heterocycles. The maximum atomic E-state index is 13.2. The second-order valence-electron chi connectivity index (χ2n) is 8.19. The first-order valence-corrected chi connectivity index (χ1v) is 12.5. The van der Waals surface area contributed by atoms with Gasteiger partial charge in [-0.15, -0.1) is 0 Å². The van der Waals surface area contributed by atoms with Crippen LogP contribution in [0.1, 0.15) is 48.1 Å². The zero-order chi connectivity index (χ0) is 22.1. The number of benzene rings is 2. The Labute approximate surface area is 188 Å². The molecule has 1 heterocycles. The fourth-order valence-corrected chi connectivity index (χ4v) is 6.37. The summed E-state index contributed by atoms with van der Waals surface area (Å²) in [7, 11) is -3.56. The number of amides is 1. The first-order chi connectivity index (χ1) is 14.1. The number of halogens is 1. The van der Waals surface area contributed by atoms with Gasteiger partial charge in [0.1, 0.15) is 0 Å². The number of aryl methyl sites for hydroxylation is 3. The molecule has 1 aliphatic heterocycles. The molecule has 5 nitrogen and oxygen atoms in total. The molecule has 1 N–H and O–H groups in total. The Morgan fingerprint density at radius 3 is 2.13 bits per heavy atom. The zero-order valence-corrected chi connectivity index (χ0v) is 20.3. The summed E-state index contributed by atoms with van der Waals surface area (Å²) in [5.74, 6) is -0.181. The lowest BCUT2D eigenvalue weighted by atomic mass is 9.96. The van der Waals surface area contributed by atoms with E-state index in [0.29, 0.717) is 30.8 Å². The van der Waals surface area contributed by atoms with Crippen molar-refractivity contribution in [2.24, 2.45) is 5.92 Å². The SMILES string of the molecule is Cc1cc(C)c(S(=O)(=O)N2CCC(C(=O)NC(C)c3ccc(Br)cc3)CC2)c(C)c1. The van der Waals surface area contributed by atoms with Crippen molar-refractivity contribution in [3.63, 3.8) is 0 Å². The zero-order valence-electron chi connectivity index (χ0n) is 17.9. The van der Waals surface area contributed by atoms with Gasteiger partial charge in [0, 0.05) is 23.5 Å². The summed E-state index contributed by atoms with van der Waals surface area (Å²) in [5, 5.41) is 3.07. The summed E-state index contributed by atoms with van der Waals surface area (Å²) in [4.78, 5) is 13.1. The highest BCUT2D eigenvalue weighted by Gasteiger charge is 2.34. The summed E-state index contributed by atoms with van der Waals surface area (Å²) in [6.45, 7) is 8.34. The smallest absolute Gasteiger partial charge is 0.243 e. The van der Waals surface area contributed by atoms with Gasteiger partial charge >= 0.3 is 0 Å². The van der Waals surface area contributed by atoms with E-state index in [0.717, 1.165) is 26.7 Å². The molecule has 7 heteroatoms. The third-order valence-corrected chi connectivity index (χ3v) is 8.49. The predicted molar refractivity (Wildman–Crippen MR) is 123 cm³/mol. The Bertz CT molecular complexity index is 1000. The molecule has 1 unspecified atom stereocenters. The van der Waals surface area contributed by atoms with Crippen LogP contribution in [0.2, 0.25) is 0 Å². The summed E-state index contributed by atoms with van der Waals surface area (Å²) in [6, 6.07) is 11.6. The quantitative estimate of drug-likeness (QED) is 0.660. The Hall–Kier alpha value is -1.70. The highest BCUT2D eigenvalue weighted by Crippen LogP contribution is 2.29. The number of carbonyl (C=O) groups is 1. The van der Waals surface area contributed by atoms with Crippen molar-refractivity contribution in [1.82, 2.24) is 9.62 Å². The molecule has 0 spiro atoms. The fourth-order valence-electron chi connectivity index (χ4n) is 4.23. The molecule has 2 aromatic carbocycles. The van der Waals surface area contributed by atoms with Crippen LogP contribution in [0.3, 0.4) is 0 Å². The second-order valence-corrected chi connectivity index (χ2v) is 11.0. The number of nitrogens with one attached hydrogen (secondary N) is 1. The highest BCUT2D eigenvalue weighted by atomic mass is 79.9. The van der Waals surface area contributed by atoms with Gasteiger partial charge in [-0.2, -0.15) is 4.31 Å². The highest BCUT2D eigenvalue weighted by molar-refractivity contribution is 9.10. The molecule has 0 aliphatic carbocycles. The topological polar surface area (TPSA) is 66.5 Å². The maximum Gasteiger partial charge on any atom is 0.243 e. The van der Waals surface area contributed by atoms with Gasteiger partial charge in [0.25, 0.3) is 0 Å². The van der Waals surface area contributed by atoms with E-state index in [1.807, 2.05) is 64.1 Å². The molecule has 0 aromatic heterocycles. The Morgan fingerprint density at radius 2 is 1.60 bits per heavy atom. The number of rotatable bonds is 5. The minimum Gasteiger partial charge on any atom is -0.349 e. The molecular weight excluding hydrogens is 464 g/mol. The van der Waals surface area contributed by atoms with Crippen LogP contribution >= 0.6 is 15.9 Å². The number of hydrogen-bond donors (Lipinski definition) is 1. The van der Waals surface area contributed by atoms with Crippen molar-refractivity contribution >= 4 is 31.9 Å². The van der Waals surface area contributed by atoms with Gasteiger partial charge in [-0.3, -0.25) is 4.79 Å². The van der Waals surface area contributed by atoms with Crippen LogP contribution in [0.15, 0.2) is 45.8 Å². The van der Waals surface area contributed by atoms with Gasteiger partial charge in [0.05, 0.1) is 10.9 Å². The second kappa shape index (κ2) is 9.20. The van der Waals surface area contributed by atoms with Gasteiger partial charge in [-0.25, -0.2) is 8.42 Å². The van der Waals surface area contributed by atoms with Crippen molar-refractivity contribution in [1.29, 1.82) is 0 Å². The van der Waals surface area contributed by atoms with E-state index in [1.54, 1.807) is 0 Å². The van der Waals surface area contributed by atoms with Crippen molar-refractivity contribution in [2.75, 3.05) is 13.1 Å². The molecule has 162 valence electrons. The van der Waals surface area contributed by atoms with Crippen LogP contribution < -0.4 is 5.32 Å². The van der Waals surface area contributed by atoms with E-state index in [2.05, 4.69) is 21.2 Å². The Kier molecular flexibility index (Phi) is 7.05. The summed E-state index contributed by atoms with van der Waals surface area (Å²) < 4.78 is 29.0. The van der Waals surface area contributed by atoms with Gasteiger partial charge < -0.3 is 5.32 Å². The minimum atomic E-state index is -3.56. The molecule has 1 aliphatic rings. The molecule has 1 amide bonds. The lowest BCUT2D eigenvalue weighted by Crippen LogP contribution is -2.43. The largest absolute Gasteiger partial charge is 0.349 e. The summed E-state index contributed by atoms with van der Waals surface area (Å²) in [5.41, 5.74) is 3.64. The normalized spacial score (nSPS) is 17.0. The van der Waals surface area contributed by atoms with E-state index in [4.69, 9.17) is 0 Å². The van der Waals surface area contributed by atoms with Crippen LogP contribution in [0.25, 0.3) is 0 Å². The van der Waals surface area contributed by atoms with Crippen molar-refractivity contribution in [2.45, 2.75) is 51.5 Å². The van der Waals surface area contributed by atoms with Crippen LogP contribution in [0, 0.1) is 26.7 Å². The number of carbonyl (C=O) groups excluding carboxylic acids is 1. The molecule has 1 atom stereocenters. The van der Waals surface area contributed by atoms with E-state index in [1.165, 1.54) is 4.31 Å². The van der Waals surface area contributed by atoms with Crippen LogP contribution in [-0.4, -0.2) is 31.7 Å². The third-order valence-electron chi connectivity index (χ3n) is 5.76. The fraction of sp³-hybridized carbons (Fsp3) is 0.435. The van der Waals surface area contributed by atoms with Crippen LogP contribution in [-0.2, 0) is 14.8 Å². The maximum absolute atomic E-state index is 13.2. The van der Waals surface area contributed by atoms with Crippen LogP contribution in [0.5, 0.6) is 0 Å². The van der Waals surface area contributed by atoms with E-state index in [9.17, 15) is 13.2 Å². The number of piperidine rings is 1. The first kappa shape index (κ1) is 23.0. The molecule has 0 bridgehead atoms. The van der Waals surface area contributed by atoms with Gasteiger partial charge in [-0.1, -0.05) is 45.8 Å². The van der Waals surface area contributed by atoms with E-state index < -0.39 is 10.0 Å². The molecule has 0 saturated carbocycles. The van der Waals surface area contributed by atoms with Crippen LogP contribution in [0.4, 0.5) is 0 Å². The summed E-state index contributed by atoms with van der Waals surface area (Å²) >= 11 is 3.42. The Balaban J connectivity index is 1.64. The summed E-state index contributed by atoms with van der Waals surface area (Å²) in [6.07, 6.45) is 1.06. The number of hydrogen-bond acceptors (Lipinski definition) is 3. The Morgan fingerprint density at radius 1 is 1.07 bits per heavy atom. The van der Waals surface area contributed by atoms with Crippen molar-refractivity contribution in [3.05, 3.63) is 63.1 Å². The number of sulfonamides is 1. The van der Waals surface area contributed by atoms with E-state index >= 15 is 0 Å². The van der Waals surface area contributed by atoms with E-state index in [-0.39, 0.29) is 17.9 Å². The molecule has 2 aromatic rings. The standard InChI is InChI=1S/C23H29BrN2O3S/c1-15-13-16(2)22(17(3)14-15)30(28,29)26-11-9-20(10-12-26)23(27)25-18(4)19-5-7-21(24)8-6-19/h5-8,13-14,18,20H,9-12H2,1-4H3,(H,25,27). The molecule has 1 fully saturated rings. The molecule has 0 radical (unpaired) electrons. The minimum absolute atomic E-state index is 0.00911. The lowest BCUT2D eigenvalue weighted by molar-refractivity contribution is -0.126. The predicted octanol–water partition coefficient (Wildman–Crippen LogP) is 4.65. The average molecular weight is 493 g/mol. The monoisotopic (exact) mass is 492 g/mol. The van der Waals surface area contributed by atoms with Gasteiger partial charge in [0.15, 0.2) is 0 Å². The van der Waals surface area contributed by atoms with Gasteiger partial charge in [0.2, 0.25) is 15.9 Å². The van der Waals surface area contributed by atoms with Gasteiger partial charge in [-0.05, 0) is 69.4 Å². The molecular formula is C23H29BrN2O3S.